The number of pyridine rings is 1. The number of benzene rings is 1. The van der Waals surface area contributed by atoms with E-state index in [4.69, 9.17) is 0 Å². The highest BCUT2D eigenvalue weighted by molar-refractivity contribution is 6.04. The summed E-state index contributed by atoms with van der Waals surface area (Å²) in [6, 6.07) is 8.34. The zero-order valence-corrected chi connectivity index (χ0v) is 13.6. The van der Waals surface area contributed by atoms with Gasteiger partial charge in [-0.1, -0.05) is 13.8 Å². The minimum Gasteiger partial charge on any atom is -0.328 e. The van der Waals surface area contributed by atoms with Gasteiger partial charge in [0.1, 0.15) is 0 Å². The molecule has 2 amide bonds. The van der Waals surface area contributed by atoms with Crippen LogP contribution in [-0.2, 0) is 11.2 Å². The van der Waals surface area contributed by atoms with E-state index in [-0.39, 0.29) is 23.3 Å². The van der Waals surface area contributed by atoms with Crippen molar-refractivity contribution < 1.29 is 9.59 Å². The molecule has 3 rings (SSSR count). The molecule has 2 heterocycles. The third-order valence-corrected chi connectivity index (χ3v) is 4.04. The van der Waals surface area contributed by atoms with Crippen LogP contribution in [0.15, 0.2) is 41.3 Å². The molecule has 0 aliphatic carbocycles. The van der Waals surface area contributed by atoms with Crippen LogP contribution in [-0.4, -0.2) is 23.3 Å². The predicted molar refractivity (Wildman–Crippen MR) is 92.4 cm³/mol. The molecule has 0 bridgehead atoms. The van der Waals surface area contributed by atoms with E-state index in [0.29, 0.717) is 17.8 Å². The van der Waals surface area contributed by atoms with Crippen LogP contribution in [0.1, 0.15) is 29.8 Å². The van der Waals surface area contributed by atoms with Crippen molar-refractivity contribution in [2.75, 3.05) is 16.8 Å². The Hall–Kier alpha value is -2.89. The molecule has 6 nitrogen and oxygen atoms in total. The molecule has 0 fully saturated rings. The maximum Gasteiger partial charge on any atom is 0.257 e. The fourth-order valence-electron chi connectivity index (χ4n) is 2.78. The molecule has 0 unspecified atom stereocenters. The Labute approximate surface area is 139 Å². The number of anilines is 2. The van der Waals surface area contributed by atoms with Crippen LogP contribution in [0.4, 0.5) is 11.4 Å². The average Bonchev–Trinajstić information content (AvgIpc) is 2.97. The SMILES string of the molecule is CC(C)C(=O)N1CCc2cc(NC(=O)c3ccc(=O)[nH]c3)ccc21. The number of carbonyl (C=O) groups is 2. The monoisotopic (exact) mass is 325 g/mol. The Balaban J connectivity index is 1.78. The Morgan fingerprint density at radius 1 is 1.21 bits per heavy atom. The molecule has 1 aromatic heterocycles. The van der Waals surface area contributed by atoms with Gasteiger partial charge in [0.2, 0.25) is 11.5 Å². The van der Waals surface area contributed by atoms with Crippen LogP contribution in [0.25, 0.3) is 0 Å². The summed E-state index contributed by atoms with van der Waals surface area (Å²) in [5.74, 6) is -0.228. The molecular weight excluding hydrogens is 306 g/mol. The van der Waals surface area contributed by atoms with Gasteiger partial charge in [0.05, 0.1) is 5.56 Å². The summed E-state index contributed by atoms with van der Waals surface area (Å²) in [4.78, 5) is 39.7. The van der Waals surface area contributed by atoms with Gasteiger partial charge >= 0.3 is 0 Å². The molecule has 1 aliphatic heterocycles. The van der Waals surface area contributed by atoms with E-state index in [2.05, 4.69) is 10.3 Å². The fraction of sp³-hybridized carbons (Fsp3) is 0.278. The topological polar surface area (TPSA) is 82.3 Å². The third-order valence-electron chi connectivity index (χ3n) is 4.04. The van der Waals surface area contributed by atoms with Crippen LogP contribution in [0.2, 0.25) is 0 Å². The van der Waals surface area contributed by atoms with Crippen molar-refractivity contribution in [3.63, 3.8) is 0 Å². The second-order valence-electron chi connectivity index (χ2n) is 6.13. The van der Waals surface area contributed by atoms with Crippen LogP contribution in [0.3, 0.4) is 0 Å². The number of nitrogens with one attached hydrogen (secondary N) is 2. The van der Waals surface area contributed by atoms with Crippen LogP contribution in [0.5, 0.6) is 0 Å². The largest absolute Gasteiger partial charge is 0.328 e. The molecule has 0 saturated carbocycles. The van der Waals surface area contributed by atoms with Crippen molar-refractivity contribution in [2.45, 2.75) is 20.3 Å². The van der Waals surface area contributed by atoms with Gasteiger partial charge in [0.25, 0.3) is 5.91 Å². The first kappa shape index (κ1) is 16.0. The number of H-pyrrole nitrogens is 1. The van der Waals surface area contributed by atoms with E-state index >= 15 is 0 Å². The standard InChI is InChI=1S/C18H19N3O3/c1-11(2)18(24)21-8-7-12-9-14(4-5-15(12)21)20-17(23)13-3-6-16(22)19-10-13/h3-6,9-11H,7-8H2,1-2H3,(H,19,22)(H,20,23). The number of rotatable bonds is 3. The summed E-state index contributed by atoms with van der Waals surface area (Å²) >= 11 is 0. The van der Waals surface area contributed by atoms with Crippen molar-refractivity contribution in [1.82, 2.24) is 4.98 Å². The number of carbonyl (C=O) groups excluding carboxylic acids is 2. The highest BCUT2D eigenvalue weighted by Gasteiger charge is 2.26. The Bertz CT molecular complexity index is 834. The molecular formula is C18H19N3O3. The van der Waals surface area contributed by atoms with Crippen LogP contribution < -0.4 is 15.8 Å². The van der Waals surface area contributed by atoms with Gasteiger partial charge in [-0.15, -0.1) is 0 Å². The van der Waals surface area contributed by atoms with Gasteiger partial charge < -0.3 is 15.2 Å². The molecule has 6 heteroatoms. The molecule has 24 heavy (non-hydrogen) atoms. The summed E-state index contributed by atoms with van der Waals surface area (Å²) in [6.45, 7) is 4.45. The van der Waals surface area contributed by atoms with Crippen molar-refractivity contribution in [1.29, 1.82) is 0 Å². The van der Waals surface area contributed by atoms with Crippen LogP contribution in [0, 0.1) is 5.92 Å². The summed E-state index contributed by atoms with van der Waals surface area (Å²) < 4.78 is 0. The van der Waals surface area contributed by atoms with Gasteiger partial charge in [0.15, 0.2) is 0 Å². The number of aromatic amines is 1. The summed E-state index contributed by atoms with van der Waals surface area (Å²) in [6.07, 6.45) is 2.16. The highest BCUT2D eigenvalue weighted by atomic mass is 16.2. The van der Waals surface area contributed by atoms with E-state index in [9.17, 15) is 14.4 Å². The van der Waals surface area contributed by atoms with E-state index in [1.54, 1.807) is 11.0 Å². The zero-order chi connectivity index (χ0) is 17.3. The van der Waals surface area contributed by atoms with Crippen molar-refractivity contribution >= 4 is 23.2 Å². The quantitative estimate of drug-likeness (QED) is 0.907. The predicted octanol–water partition coefficient (Wildman–Crippen LogP) is 2.17. The number of nitrogens with zero attached hydrogens (tertiary/aromatic N) is 1. The minimum atomic E-state index is -0.292. The van der Waals surface area contributed by atoms with E-state index < -0.39 is 0 Å². The van der Waals surface area contributed by atoms with E-state index in [1.165, 1.54) is 18.3 Å². The lowest BCUT2D eigenvalue weighted by molar-refractivity contribution is -0.121. The lowest BCUT2D eigenvalue weighted by atomic mass is 10.1. The average molecular weight is 325 g/mol. The minimum absolute atomic E-state index is 0.0458. The van der Waals surface area contributed by atoms with Crippen molar-refractivity contribution in [3.8, 4) is 0 Å². The third kappa shape index (κ3) is 3.08. The normalized spacial score (nSPS) is 13.0. The molecule has 1 aromatic carbocycles. The van der Waals surface area contributed by atoms with Crippen molar-refractivity contribution in [3.05, 3.63) is 58.0 Å². The molecule has 1 aliphatic rings. The zero-order valence-electron chi connectivity index (χ0n) is 13.6. The lowest BCUT2D eigenvalue weighted by Crippen LogP contribution is -2.32. The smallest absolute Gasteiger partial charge is 0.257 e. The maximum absolute atomic E-state index is 12.2. The molecule has 2 aromatic rings. The van der Waals surface area contributed by atoms with Crippen LogP contribution >= 0.6 is 0 Å². The van der Waals surface area contributed by atoms with E-state index in [0.717, 1.165) is 17.7 Å². The second kappa shape index (κ2) is 6.31. The molecule has 2 N–H and O–H groups in total. The summed E-state index contributed by atoms with van der Waals surface area (Å²) in [5.41, 5.74) is 2.76. The number of amides is 2. The van der Waals surface area contributed by atoms with E-state index in [1.807, 2.05) is 26.0 Å². The first-order chi connectivity index (χ1) is 11.5. The van der Waals surface area contributed by atoms with Gasteiger partial charge in [-0.3, -0.25) is 14.4 Å². The lowest BCUT2D eigenvalue weighted by Gasteiger charge is -2.19. The van der Waals surface area contributed by atoms with Gasteiger partial charge in [-0.25, -0.2) is 0 Å². The molecule has 0 spiro atoms. The van der Waals surface area contributed by atoms with Gasteiger partial charge in [0, 0.05) is 36.1 Å². The number of hydrogen-bond donors (Lipinski definition) is 2. The van der Waals surface area contributed by atoms with Crippen molar-refractivity contribution in [2.24, 2.45) is 5.92 Å². The second-order valence-corrected chi connectivity index (χ2v) is 6.13. The van der Waals surface area contributed by atoms with Gasteiger partial charge in [-0.05, 0) is 36.2 Å². The Morgan fingerprint density at radius 2 is 2.00 bits per heavy atom. The summed E-state index contributed by atoms with van der Waals surface area (Å²) in [7, 11) is 0. The highest BCUT2D eigenvalue weighted by Crippen LogP contribution is 2.31. The number of hydrogen-bond acceptors (Lipinski definition) is 3. The molecule has 0 radical (unpaired) electrons. The Morgan fingerprint density at radius 3 is 2.67 bits per heavy atom. The van der Waals surface area contributed by atoms with Gasteiger partial charge in [-0.2, -0.15) is 0 Å². The maximum atomic E-state index is 12.2. The number of aromatic nitrogens is 1. The first-order valence-electron chi connectivity index (χ1n) is 7.90. The summed E-state index contributed by atoms with van der Waals surface area (Å²) in [5, 5.41) is 2.81. The Kier molecular flexibility index (Phi) is 4.20. The molecule has 124 valence electrons. The fourth-order valence-corrected chi connectivity index (χ4v) is 2.78. The molecule has 0 atom stereocenters. The number of fused-ring (bicyclic) bond motifs is 1. The molecule has 0 saturated heterocycles. The first-order valence-corrected chi connectivity index (χ1v) is 7.90.